The highest BCUT2D eigenvalue weighted by molar-refractivity contribution is 5.92. The van der Waals surface area contributed by atoms with E-state index in [-0.39, 0.29) is 24.2 Å². The van der Waals surface area contributed by atoms with Gasteiger partial charge in [0.2, 0.25) is 5.91 Å². The average molecular weight is 234 g/mol. The van der Waals surface area contributed by atoms with E-state index in [4.69, 9.17) is 6.42 Å². The van der Waals surface area contributed by atoms with E-state index >= 15 is 0 Å². The van der Waals surface area contributed by atoms with Gasteiger partial charge in [0, 0.05) is 0 Å². The van der Waals surface area contributed by atoms with Gasteiger partial charge in [0.15, 0.2) is 0 Å². The van der Waals surface area contributed by atoms with E-state index in [1.165, 1.54) is 12.1 Å². The molecular weight excluding hydrogens is 219 g/mol. The first-order chi connectivity index (χ1) is 8.17. The summed E-state index contributed by atoms with van der Waals surface area (Å²) in [4.78, 5) is 11.5. The van der Waals surface area contributed by atoms with Crippen molar-refractivity contribution in [2.45, 2.75) is 19.4 Å². The molecule has 1 atom stereocenters. The number of rotatable bonds is 5. The molecule has 0 bridgehead atoms. The summed E-state index contributed by atoms with van der Waals surface area (Å²) < 4.78 is 13.2. The van der Waals surface area contributed by atoms with Crippen molar-refractivity contribution in [3.8, 4) is 12.3 Å². The predicted octanol–water partition coefficient (Wildman–Crippen LogP) is 1.77. The van der Waals surface area contributed by atoms with E-state index in [1.807, 2.05) is 6.92 Å². The van der Waals surface area contributed by atoms with Gasteiger partial charge in [-0.15, -0.1) is 6.42 Å². The van der Waals surface area contributed by atoms with Crippen LogP contribution in [0.2, 0.25) is 0 Å². The molecule has 0 spiro atoms. The highest BCUT2D eigenvalue weighted by atomic mass is 19.1. The van der Waals surface area contributed by atoms with Crippen LogP contribution in [0.15, 0.2) is 24.3 Å². The number of nitrogens with one attached hydrogen (secondary N) is 2. The topological polar surface area (TPSA) is 41.1 Å². The molecule has 1 rings (SSSR count). The Hall–Kier alpha value is -1.86. The Morgan fingerprint density at radius 3 is 2.82 bits per heavy atom. The number of terminal acetylenes is 1. The normalized spacial score (nSPS) is 11.6. The van der Waals surface area contributed by atoms with E-state index in [9.17, 15) is 9.18 Å². The van der Waals surface area contributed by atoms with E-state index in [0.717, 1.165) is 6.42 Å². The minimum absolute atomic E-state index is 0.0665. The number of amides is 1. The van der Waals surface area contributed by atoms with Gasteiger partial charge in [0.1, 0.15) is 5.82 Å². The third kappa shape index (κ3) is 4.25. The van der Waals surface area contributed by atoms with Gasteiger partial charge in [-0.25, -0.2) is 4.39 Å². The Labute approximate surface area is 100 Å². The molecule has 0 aliphatic heterocycles. The van der Waals surface area contributed by atoms with Crippen LogP contribution >= 0.6 is 0 Å². The largest absolute Gasteiger partial charge is 0.322 e. The van der Waals surface area contributed by atoms with E-state index in [1.54, 1.807) is 12.1 Å². The zero-order valence-electron chi connectivity index (χ0n) is 9.66. The third-order valence-corrected chi connectivity index (χ3v) is 2.27. The SMILES string of the molecule is C#CC(CC)NCC(=O)Nc1ccccc1F. The summed E-state index contributed by atoms with van der Waals surface area (Å²) in [7, 11) is 0. The number of hydrogen-bond acceptors (Lipinski definition) is 2. The van der Waals surface area contributed by atoms with Crippen molar-refractivity contribution in [3.63, 3.8) is 0 Å². The second kappa shape index (κ2) is 6.66. The van der Waals surface area contributed by atoms with Crippen molar-refractivity contribution >= 4 is 11.6 Å². The summed E-state index contributed by atoms with van der Waals surface area (Å²) in [5.41, 5.74) is 0.174. The Kier molecular flexibility index (Phi) is 5.18. The molecule has 0 aliphatic rings. The summed E-state index contributed by atoms with van der Waals surface area (Å²) in [6, 6.07) is 5.88. The first kappa shape index (κ1) is 13.2. The van der Waals surface area contributed by atoms with Crippen LogP contribution < -0.4 is 10.6 Å². The fourth-order valence-corrected chi connectivity index (χ4v) is 1.29. The second-order valence-corrected chi connectivity index (χ2v) is 3.54. The quantitative estimate of drug-likeness (QED) is 0.762. The molecule has 0 aliphatic carbocycles. The molecule has 0 radical (unpaired) electrons. The van der Waals surface area contributed by atoms with Crippen LogP contribution in [0.1, 0.15) is 13.3 Å². The van der Waals surface area contributed by atoms with Gasteiger partial charge < -0.3 is 5.32 Å². The molecule has 0 aromatic heterocycles. The summed E-state index contributed by atoms with van der Waals surface area (Å²) in [5.74, 6) is 1.75. The third-order valence-electron chi connectivity index (χ3n) is 2.27. The lowest BCUT2D eigenvalue weighted by Crippen LogP contribution is -2.35. The molecule has 17 heavy (non-hydrogen) atoms. The molecule has 4 heteroatoms. The van der Waals surface area contributed by atoms with Crippen LogP contribution in [0.4, 0.5) is 10.1 Å². The number of para-hydroxylation sites is 1. The lowest BCUT2D eigenvalue weighted by molar-refractivity contribution is -0.115. The molecule has 1 aromatic carbocycles. The summed E-state index contributed by atoms with van der Waals surface area (Å²) in [6.07, 6.45) is 5.98. The lowest BCUT2D eigenvalue weighted by Gasteiger charge is -2.10. The highest BCUT2D eigenvalue weighted by Gasteiger charge is 2.07. The predicted molar refractivity (Wildman–Crippen MR) is 65.9 cm³/mol. The summed E-state index contributed by atoms with van der Waals surface area (Å²) in [6.45, 7) is 1.99. The van der Waals surface area contributed by atoms with Crippen molar-refractivity contribution < 1.29 is 9.18 Å². The van der Waals surface area contributed by atoms with Crippen molar-refractivity contribution in [3.05, 3.63) is 30.1 Å². The number of benzene rings is 1. The zero-order chi connectivity index (χ0) is 12.7. The second-order valence-electron chi connectivity index (χ2n) is 3.54. The monoisotopic (exact) mass is 234 g/mol. The molecule has 0 saturated heterocycles. The minimum atomic E-state index is -0.454. The van der Waals surface area contributed by atoms with Gasteiger partial charge in [-0.3, -0.25) is 10.1 Å². The fourth-order valence-electron chi connectivity index (χ4n) is 1.29. The van der Waals surface area contributed by atoms with Crippen LogP contribution in [0.3, 0.4) is 0 Å². The molecule has 3 nitrogen and oxygen atoms in total. The van der Waals surface area contributed by atoms with E-state index in [0.29, 0.717) is 0 Å². The number of carbonyl (C=O) groups excluding carboxylic acids is 1. The highest BCUT2D eigenvalue weighted by Crippen LogP contribution is 2.11. The molecule has 0 heterocycles. The standard InChI is InChI=1S/C13H15FN2O/c1-3-10(4-2)15-9-13(17)16-12-8-6-5-7-11(12)14/h1,5-8,10,15H,4,9H2,2H3,(H,16,17). The molecule has 0 saturated carbocycles. The van der Waals surface area contributed by atoms with Crippen LogP contribution in [-0.2, 0) is 4.79 Å². The zero-order valence-corrected chi connectivity index (χ0v) is 9.66. The molecule has 2 N–H and O–H groups in total. The number of anilines is 1. The summed E-state index contributed by atoms with van der Waals surface area (Å²) in [5, 5.41) is 5.36. The van der Waals surface area contributed by atoms with Crippen LogP contribution in [0.25, 0.3) is 0 Å². The van der Waals surface area contributed by atoms with Gasteiger partial charge in [-0.2, -0.15) is 0 Å². The van der Waals surface area contributed by atoms with Crippen LogP contribution in [0.5, 0.6) is 0 Å². The van der Waals surface area contributed by atoms with Gasteiger partial charge >= 0.3 is 0 Å². The number of hydrogen-bond donors (Lipinski definition) is 2. The lowest BCUT2D eigenvalue weighted by atomic mass is 10.2. The van der Waals surface area contributed by atoms with Gasteiger partial charge in [0.25, 0.3) is 0 Å². The average Bonchev–Trinajstić information content (AvgIpc) is 2.33. The first-order valence-electron chi connectivity index (χ1n) is 5.41. The van der Waals surface area contributed by atoms with Crippen molar-refractivity contribution in [1.29, 1.82) is 0 Å². The maximum atomic E-state index is 13.2. The first-order valence-corrected chi connectivity index (χ1v) is 5.41. The van der Waals surface area contributed by atoms with Gasteiger partial charge in [-0.05, 0) is 18.6 Å². The molecule has 1 unspecified atom stereocenters. The Balaban J connectivity index is 2.46. The maximum Gasteiger partial charge on any atom is 0.238 e. The number of carbonyl (C=O) groups is 1. The van der Waals surface area contributed by atoms with Crippen molar-refractivity contribution in [2.75, 3.05) is 11.9 Å². The number of halogens is 1. The Morgan fingerprint density at radius 2 is 2.24 bits per heavy atom. The van der Waals surface area contributed by atoms with Crippen LogP contribution in [0, 0.1) is 18.2 Å². The molecule has 0 fully saturated rings. The molecule has 90 valence electrons. The summed E-state index contributed by atoms with van der Waals surface area (Å²) >= 11 is 0. The molecule has 1 aromatic rings. The Bertz CT molecular complexity index is 426. The van der Waals surface area contributed by atoms with Gasteiger partial charge in [0.05, 0.1) is 18.3 Å². The smallest absolute Gasteiger partial charge is 0.238 e. The van der Waals surface area contributed by atoms with Crippen molar-refractivity contribution in [1.82, 2.24) is 5.32 Å². The van der Waals surface area contributed by atoms with Crippen LogP contribution in [-0.4, -0.2) is 18.5 Å². The fraction of sp³-hybridized carbons (Fsp3) is 0.308. The van der Waals surface area contributed by atoms with E-state index in [2.05, 4.69) is 16.6 Å². The van der Waals surface area contributed by atoms with Gasteiger partial charge in [-0.1, -0.05) is 25.0 Å². The molecular formula is C13H15FN2O. The van der Waals surface area contributed by atoms with Crippen molar-refractivity contribution in [2.24, 2.45) is 0 Å². The maximum absolute atomic E-state index is 13.2. The Morgan fingerprint density at radius 1 is 1.53 bits per heavy atom. The van der Waals surface area contributed by atoms with E-state index < -0.39 is 5.82 Å². The molecule has 1 amide bonds. The minimum Gasteiger partial charge on any atom is -0.322 e.